The Morgan fingerprint density at radius 1 is 1.32 bits per heavy atom. The number of H-pyrrole nitrogens is 1. The number of carbonyl (C=O) groups excluding carboxylic acids is 1. The molecule has 22 heavy (non-hydrogen) atoms. The minimum absolute atomic E-state index is 0.0357. The summed E-state index contributed by atoms with van der Waals surface area (Å²) in [6.07, 6.45) is 1.69. The van der Waals surface area contributed by atoms with Gasteiger partial charge in [-0.05, 0) is 20.3 Å². The summed E-state index contributed by atoms with van der Waals surface area (Å²) in [5, 5.41) is 0.201. The number of nitrogens with zero attached hydrogens (tertiary/aromatic N) is 1. The first kappa shape index (κ1) is 16.5. The second-order valence-corrected chi connectivity index (χ2v) is 6.61. The van der Waals surface area contributed by atoms with Crippen LogP contribution in [0.3, 0.4) is 0 Å². The Kier molecular flexibility index (Phi) is 5.55. The number of ketones is 1. The van der Waals surface area contributed by atoms with Crippen LogP contribution in [0.2, 0.25) is 0 Å². The molecule has 1 N–H and O–H groups in total. The SMILES string of the molecule is CCCc1cc(=O)[nH]c(SC(C)C(=O)c2ccc(C)cc2)n1. The van der Waals surface area contributed by atoms with E-state index in [0.717, 1.165) is 24.1 Å². The molecule has 1 aromatic carbocycles. The van der Waals surface area contributed by atoms with Crippen molar-refractivity contribution in [3.63, 3.8) is 0 Å². The molecule has 0 aliphatic rings. The maximum Gasteiger partial charge on any atom is 0.251 e. The molecule has 4 nitrogen and oxygen atoms in total. The smallest absolute Gasteiger partial charge is 0.251 e. The summed E-state index contributed by atoms with van der Waals surface area (Å²) in [5.74, 6) is 0.0357. The molecule has 0 saturated heterocycles. The van der Waals surface area contributed by atoms with Gasteiger partial charge in [0.15, 0.2) is 10.9 Å². The Bertz CT molecular complexity index is 707. The Hall–Kier alpha value is -1.88. The molecule has 0 fully saturated rings. The van der Waals surface area contributed by atoms with Crippen molar-refractivity contribution < 1.29 is 4.79 Å². The van der Waals surface area contributed by atoms with Gasteiger partial charge in [-0.25, -0.2) is 4.98 Å². The normalized spacial score (nSPS) is 12.1. The lowest BCUT2D eigenvalue weighted by molar-refractivity contribution is 0.0994. The Balaban J connectivity index is 2.14. The summed E-state index contributed by atoms with van der Waals surface area (Å²) in [5.41, 5.74) is 2.40. The quantitative estimate of drug-likeness (QED) is 0.504. The summed E-state index contributed by atoms with van der Waals surface area (Å²) in [7, 11) is 0. The van der Waals surface area contributed by atoms with Gasteiger partial charge in [-0.2, -0.15) is 0 Å². The summed E-state index contributed by atoms with van der Waals surface area (Å²) in [4.78, 5) is 31.2. The van der Waals surface area contributed by atoms with E-state index in [4.69, 9.17) is 0 Å². The third-order valence-corrected chi connectivity index (χ3v) is 4.26. The van der Waals surface area contributed by atoms with Crippen LogP contribution in [0.1, 0.15) is 41.9 Å². The molecular weight excluding hydrogens is 296 g/mol. The van der Waals surface area contributed by atoms with Crippen molar-refractivity contribution in [1.82, 2.24) is 9.97 Å². The molecule has 1 atom stereocenters. The van der Waals surface area contributed by atoms with E-state index in [1.165, 1.54) is 17.8 Å². The summed E-state index contributed by atoms with van der Waals surface area (Å²) < 4.78 is 0. The van der Waals surface area contributed by atoms with Crippen molar-refractivity contribution in [3.8, 4) is 0 Å². The lowest BCUT2D eigenvalue weighted by Gasteiger charge is -2.10. The monoisotopic (exact) mass is 316 g/mol. The molecule has 0 spiro atoms. The topological polar surface area (TPSA) is 62.8 Å². The van der Waals surface area contributed by atoms with Crippen LogP contribution in [0.15, 0.2) is 40.3 Å². The molecule has 0 saturated carbocycles. The molecule has 0 aliphatic heterocycles. The van der Waals surface area contributed by atoms with Crippen molar-refractivity contribution in [3.05, 3.63) is 57.5 Å². The van der Waals surface area contributed by atoms with Crippen molar-refractivity contribution in [2.45, 2.75) is 44.0 Å². The lowest BCUT2D eigenvalue weighted by atomic mass is 10.1. The van der Waals surface area contributed by atoms with E-state index in [1.54, 1.807) is 0 Å². The standard InChI is InChI=1S/C17H20N2O2S/c1-4-5-14-10-15(20)19-17(18-14)22-12(3)16(21)13-8-6-11(2)7-9-13/h6-10,12H,4-5H2,1-3H3,(H,18,19,20). The van der Waals surface area contributed by atoms with Gasteiger partial charge >= 0.3 is 0 Å². The van der Waals surface area contributed by atoms with Gasteiger partial charge in [0.1, 0.15) is 0 Å². The van der Waals surface area contributed by atoms with Crippen LogP contribution in [0.25, 0.3) is 0 Å². The highest BCUT2D eigenvalue weighted by Gasteiger charge is 2.17. The zero-order valence-corrected chi connectivity index (χ0v) is 13.9. The minimum Gasteiger partial charge on any atom is -0.301 e. The Labute approximate surface area is 134 Å². The molecule has 116 valence electrons. The molecule has 1 unspecified atom stereocenters. The van der Waals surface area contributed by atoms with Crippen LogP contribution in [-0.2, 0) is 6.42 Å². The first-order valence-corrected chi connectivity index (χ1v) is 8.25. The lowest BCUT2D eigenvalue weighted by Crippen LogP contribution is -2.16. The van der Waals surface area contributed by atoms with Gasteiger partial charge in [0.25, 0.3) is 5.56 Å². The van der Waals surface area contributed by atoms with E-state index < -0.39 is 0 Å². The van der Waals surface area contributed by atoms with Gasteiger partial charge < -0.3 is 4.98 Å². The van der Waals surface area contributed by atoms with Gasteiger partial charge in [0, 0.05) is 17.3 Å². The Morgan fingerprint density at radius 2 is 2.00 bits per heavy atom. The number of rotatable bonds is 6. The zero-order valence-electron chi connectivity index (χ0n) is 13.1. The molecule has 0 amide bonds. The van der Waals surface area contributed by atoms with Crippen LogP contribution in [0.5, 0.6) is 0 Å². The fourth-order valence-corrected chi connectivity index (χ4v) is 3.00. The largest absolute Gasteiger partial charge is 0.301 e. The summed E-state index contributed by atoms with van der Waals surface area (Å²) in [6, 6.07) is 9.02. The average molecular weight is 316 g/mol. The first-order valence-electron chi connectivity index (χ1n) is 7.37. The van der Waals surface area contributed by atoms with E-state index in [2.05, 4.69) is 9.97 Å². The van der Waals surface area contributed by atoms with Gasteiger partial charge in [-0.1, -0.05) is 54.9 Å². The van der Waals surface area contributed by atoms with E-state index >= 15 is 0 Å². The predicted octanol–water partition coefficient (Wildman–Crippen LogP) is 3.39. The number of hydrogen-bond donors (Lipinski definition) is 1. The highest BCUT2D eigenvalue weighted by molar-refractivity contribution is 8.00. The maximum atomic E-state index is 12.4. The van der Waals surface area contributed by atoms with Gasteiger partial charge in [0.05, 0.1) is 5.25 Å². The number of benzene rings is 1. The Morgan fingerprint density at radius 3 is 2.64 bits per heavy atom. The highest BCUT2D eigenvalue weighted by atomic mass is 32.2. The fraction of sp³-hybridized carbons (Fsp3) is 0.353. The molecule has 5 heteroatoms. The van der Waals surface area contributed by atoms with Crippen molar-refractivity contribution in [2.75, 3.05) is 0 Å². The molecule has 0 bridgehead atoms. The van der Waals surface area contributed by atoms with E-state index in [9.17, 15) is 9.59 Å². The number of thioether (sulfide) groups is 1. The predicted molar refractivity (Wildman–Crippen MR) is 89.7 cm³/mol. The summed E-state index contributed by atoms with van der Waals surface area (Å²) >= 11 is 1.29. The second-order valence-electron chi connectivity index (χ2n) is 5.28. The number of hydrogen-bond acceptors (Lipinski definition) is 4. The number of carbonyl (C=O) groups is 1. The van der Waals surface area contributed by atoms with Crippen LogP contribution in [0.4, 0.5) is 0 Å². The third-order valence-electron chi connectivity index (χ3n) is 3.27. The van der Waals surface area contributed by atoms with E-state index in [1.807, 2.05) is 45.0 Å². The maximum absolute atomic E-state index is 12.4. The molecule has 1 aromatic heterocycles. The fourth-order valence-electron chi connectivity index (χ4n) is 2.10. The van der Waals surface area contributed by atoms with Crippen molar-refractivity contribution in [1.29, 1.82) is 0 Å². The second kappa shape index (κ2) is 7.40. The number of aromatic amines is 1. The first-order chi connectivity index (χ1) is 10.5. The number of aromatic nitrogens is 2. The van der Waals surface area contributed by atoms with Crippen LogP contribution >= 0.6 is 11.8 Å². The number of nitrogens with one attached hydrogen (secondary N) is 1. The molecule has 1 heterocycles. The number of aryl methyl sites for hydroxylation is 2. The third kappa shape index (κ3) is 4.31. The van der Waals surface area contributed by atoms with E-state index in [-0.39, 0.29) is 16.6 Å². The van der Waals surface area contributed by atoms with Gasteiger partial charge in [-0.15, -0.1) is 0 Å². The van der Waals surface area contributed by atoms with Crippen molar-refractivity contribution >= 4 is 17.5 Å². The highest BCUT2D eigenvalue weighted by Crippen LogP contribution is 2.22. The van der Waals surface area contributed by atoms with Gasteiger partial charge in [-0.3, -0.25) is 9.59 Å². The average Bonchev–Trinajstić information content (AvgIpc) is 2.47. The minimum atomic E-state index is -0.303. The summed E-state index contributed by atoms with van der Waals surface area (Å²) in [6.45, 7) is 5.86. The molecule has 2 rings (SSSR count). The van der Waals surface area contributed by atoms with Crippen LogP contribution in [0, 0.1) is 6.92 Å². The van der Waals surface area contributed by atoms with Crippen LogP contribution < -0.4 is 5.56 Å². The molecule has 0 radical (unpaired) electrons. The number of Topliss-reactive ketones (excluding diaryl/α,β-unsaturated/α-hetero) is 1. The molecule has 2 aromatic rings. The molecular formula is C17H20N2O2S. The van der Waals surface area contributed by atoms with Crippen LogP contribution in [-0.4, -0.2) is 21.0 Å². The van der Waals surface area contributed by atoms with E-state index in [0.29, 0.717) is 10.7 Å². The van der Waals surface area contributed by atoms with Crippen molar-refractivity contribution in [2.24, 2.45) is 0 Å². The zero-order chi connectivity index (χ0) is 16.1. The molecule has 0 aliphatic carbocycles. The van der Waals surface area contributed by atoms with Gasteiger partial charge in [0.2, 0.25) is 0 Å².